The third-order valence-electron chi connectivity index (χ3n) is 4.52. The summed E-state index contributed by atoms with van der Waals surface area (Å²) in [6.07, 6.45) is 4.42. The summed E-state index contributed by atoms with van der Waals surface area (Å²) in [7, 11) is 2.03. The summed E-state index contributed by atoms with van der Waals surface area (Å²) in [5.74, 6) is 0. The van der Waals surface area contributed by atoms with Crippen molar-refractivity contribution in [1.29, 1.82) is 0 Å². The second-order valence-electron chi connectivity index (χ2n) is 6.50. The maximum atomic E-state index is 6.01. The second kappa shape index (κ2) is 6.73. The molecule has 1 aliphatic rings. The lowest BCUT2D eigenvalue weighted by Gasteiger charge is -2.49. The van der Waals surface area contributed by atoms with E-state index in [0.29, 0.717) is 6.04 Å². The van der Waals surface area contributed by atoms with Crippen LogP contribution in [0.2, 0.25) is 0 Å². The molecule has 1 aromatic carbocycles. The van der Waals surface area contributed by atoms with E-state index in [4.69, 9.17) is 4.84 Å². The second-order valence-corrected chi connectivity index (χ2v) is 6.50. The van der Waals surface area contributed by atoms with Gasteiger partial charge in [-0.25, -0.2) is 0 Å². The molecule has 3 atom stereocenters. The topological polar surface area (TPSA) is 24.5 Å². The molecule has 1 fully saturated rings. The lowest BCUT2D eigenvalue weighted by atomic mass is 9.86. The highest BCUT2D eigenvalue weighted by atomic mass is 16.7. The first kappa shape index (κ1) is 16.2. The summed E-state index contributed by atoms with van der Waals surface area (Å²) < 4.78 is 0. The first-order valence-corrected chi connectivity index (χ1v) is 7.78. The minimum absolute atomic E-state index is 0.0272. The fraction of sp³-hybridized carbons (Fsp3) is 0.556. The summed E-state index contributed by atoms with van der Waals surface area (Å²) >= 11 is 0. The zero-order valence-corrected chi connectivity index (χ0v) is 13.9. The van der Waals surface area contributed by atoms with Gasteiger partial charge in [-0.2, -0.15) is 5.06 Å². The number of nitrogens with zero attached hydrogens (tertiary/aromatic N) is 1. The van der Waals surface area contributed by atoms with Gasteiger partial charge in [0.2, 0.25) is 0 Å². The Hall–Kier alpha value is -1.16. The zero-order chi connectivity index (χ0) is 15.5. The lowest BCUT2D eigenvalue weighted by Crippen LogP contribution is -2.63. The van der Waals surface area contributed by atoms with E-state index in [9.17, 15) is 0 Å². The molecule has 0 radical (unpaired) electrons. The number of allylic oxidation sites excluding steroid dienone is 2. The summed E-state index contributed by atoms with van der Waals surface area (Å²) in [5.41, 5.74) is 2.58. The van der Waals surface area contributed by atoms with Gasteiger partial charge >= 0.3 is 0 Å². The maximum Gasteiger partial charge on any atom is 0.156 e. The molecule has 1 heterocycles. The number of hydroxylamine groups is 2. The van der Waals surface area contributed by atoms with Crippen LogP contribution in [0, 0.1) is 0 Å². The molecule has 0 aliphatic carbocycles. The zero-order valence-electron chi connectivity index (χ0n) is 13.9. The van der Waals surface area contributed by atoms with Crippen LogP contribution in [0.25, 0.3) is 0 Å². The first-order chi connectivity index (χ1) is 9.92. The fourth-order valence-corrected chi connectivity index (χ4v) is 2.82. The quantitative estimate of drug-likeness (QED) is 0.846. The average molecular weight is 288 g/mol. The smallest absolute Gasteiger partial charge is 0.156 e. The Morgan fingerprint density at radius 3 is 2.62 bits per heavy atom. The molecule has 0 unspecified atom stereocenters. The van der Waals surface area contributed by atoms with Gasteiger partial charge in [-0.15, -0.1) is 0 Å². The number of hydrogen-bond acceptors (Lipinski definition) is 3. The Labute approximate surface area is 128 Å². The van der Waals surface area contributed by atoms with Gasteiger partial charge in [0.1, 0.15) is 0 Å². The molecule has 2 rings (SSSR count). The summed E-state index contributed by atoms with van der Waals surface area (Å²) in [6, 6.07) is 10.7. The molecule has 1 N–H and O–H groups in total. The van der Waals surface area contributed by atoms with Crippen molar-refractivity contribution in [2.24, 2.45) is 0 Å². The van der Waals surface area contributed by atoms with Crippen molar-refractivity contribution >= 4 is 0 Å². The molecular weight excluding hydrogens is 260 g/mol. The van der Waals surface area contributed by atoms with Gasteiger partial charge in [0.05, 0.1) is 6.04 Å². The van der Waals surface area contributed by atoms with E-state index in [1.54, 1.807) is 0 Å². The Kier molecular flexibility index (Phi) is 5.20. The van der Waals surface area contributed by atoms with E-state index >= 15 is 0 Å². The average Bonchev–Trinajstić information content (AvgIpc) is 2.45. The van der Waals surface area contributed by atoms with Crippen LogP contribution in [-0.2, 0) is 4.84 Å². The van der Waals surface area contributed by atoms with Crippen LogP contribution in [0.1, 0.15) is 52.3 Å². The molecule has 116 valence electrons. The molecular formula is C18H28N2O. The third kappa shape index (κ3) is 3.94. The van der Waals surface area contributed by atoms with Crippen LogP contribution in [0.5, 0.6) is 0 Å². The SMILES string of the molecule is CC(C)=CCC[C@]1(C)N[C@@H](c2ccccc2)ON(C)[C@@H]1C. The van der Waals surface area contributed by atoms with Gasteiger partial charge in [-0.1, -0.05) is 42.0 Å². The highest BCUT2D eigenvalue weighted by Crippen LogP contribution is 2.32. The van der Waals surface area contributed by atoms with Crippen molar-refractivity contribution in [2.45, 2.75) is 58.3 Å². The van der Waals surface area contributed by atoms with Gasteiger partial charge in [-0.05, 0) is 46.1 Å². The van der Waals surface area contributed by atoms with E-state index < -0.39 is 0 Å². The standard InChI is InChI=1S/C18H28N2O/c1-14(2)10-9-13-18(4)15(3)20(5)21-17(19-18)16-11-7-6-8-12-16/h6-8,10-12,15,17,19H,9,13H2,1-5H3/t15-,17-,18+/m1/s1. The van der Waals surface area contributed by atoms with E-state index in [-0.39, 0.29) is 11.8 Å². The number of benzene rings is 1. The highest BCUT2D eigenvalue weighted by Gasteiger charge is 2.41. The van der Waals surface area contributed by atoms with E-state index in [0.717, 1.165) is 12.8 Å². The molecule has 21 heavy (non-hydrogen) atoms. The van der Waals surface area contributed by atoms with Crippen LogP contribution >= 0.6 is 0 Å². The number of likely N-dealkylation sites (N-methyl/N-ethyl adjacent to an activating group) is 1. The Morgan fingerprint density at radius 1 is 1.33 bits per heavy atom. The van der Waals surface area contributed by atoms with Gasteiger partial charge in [0.25, 0.3) is 0 Å². The van der Waals surface area contributed by atoms with Crippen molar-refractivity contribution in [3.63, 3.8) is 0 Å². The Balaban J connectivity index is 2.13. The van der Waals surface area contributed by atoms with Crippen molar-refractivity contribution in [1.82, 2.24) is 10.4 Å². The maximum absolute atomic E-state index is 6.01. The Morgan fingerprint density at radius 2 is 2.00 bits per heavy atom. The first-order valence-electron chi connectivity index (χ1n) is 7.78. The minimum Gasteiger partial charge on any atom is -0.280 e. The van der Waals surface area contributed by atoms with Crippen LogP contribution in [0.3, 0.4) is 0 Å². The van der Waals surface area contributed by atoms with Crippen LogP contribution < -0.4 is 5.32 Å². The van der Waals surface area contributed by atoms with E-state index in [1.165, 1.54) is 11.1 Å². The summed E-state index contributed by atoms with van der Waals surface area (Å²) in [4.78, 5) is 6.01. The van der Waals surface area contributed by atoms with E-state index in [2.05, 4.69) is 63.4 Å². The van der Waals surface area contributed by atoms with Gasteiger partial charge in [-0.3, -0.25) is 10.2 Å². The predicted octanol–water partition coefficient (Wildman–Crippen LogP) is 4.05. The van der Waals surface area contributed by atoms with Crippen LogP contribution in [-0.4, -0.2) is 23.7 Å². The summed E-state index contributed by atoms with van der Waals surface area (Å²) in [5, 5.41) is 5.70. The molecule has 0 spiro atoms. The lowest BCUT2D eigenvalue weighted by molar-refractivity contribution is -0.267. The molecule has 0 bridgehead atoms. The molecule has 1 saturated heterocycles. The van der Waals surface area contributed by atoms with Crippen LogP contribution in [0.15, 0.2) is 42.0 Å². The molecule has 1 aromatic rings. The van der Waals surface area contributed by atoms with Crippen molar-refractivity contribution in [2.75, 3.05) is 7.05 Å². The Bertz CT molecular complexity index is 481. The molecule has 0 saturated carbocycles. The number of hydrogen-bond donors (Lipinski definition) is 1. The van der Waals surface area contributed by atoms with Crippen LogP contribution in [0.4, 0.5) is 0 Å². The van der Waals surface area contributed by atoms with Crippen molar-refractivity contribution in [3.8, 4) is 0 Å². The number of rotatable bonds is 4. The predicted molar refractivity (Wildman–Crippen MR) is 87.7 cm³/mol. The largest absolute Gasteiger partial charge is 0.280 e. The van der Waals surface area contributed by atoms with Gasteiger partial charge < -0.3 is 0 Å². The molecule has 0 amide bonds. The molecule has 1 aliphatic heterocycles. The minimum atomic E-state index is -0.0795. The van der Waals surface area contributed by atoms with E-state index in [1.807, 2.05) is 18.2 Å². The van der Waals surface area contributed by atoms with Gasteiger partial charge in [0.15, 0.2) is 6.23 Å². The summed E-state index contributed by atoms with van der Waals surface area (Å²) in [6.45, 7) is 8.83. The normalized spacial score (nSPS) is 30.1. The van der Waals surface area contributed by atoms with Gasteiger partial charge in [0, 0.05) is 12.6 Å². The monoisotopic (exact) mass is 288 g/mol. The van der Waals surface area contributed by atoms with Crippen molar-refractivity contribution in [3.05, 3.63) is 47.5 Å². The van der Waals surface area contributed by atoms with Crippen molar-refractivity contribution < 1.29 is 4.84 Å². The molecule has 3 heteroatoms. The third-order valence-corrected chi connectivity index (χ3v) is 4.52. The fourth-order valence-electron chi connectivity index (χ4n) is 2.82. The highest BCUT2D eigenvalue weighted by molar-refractivity contribution is 5.18. The molecule has 0 aromatic heterocycles. The number of nitrogens with one attached hydrogen (secondary N) is 1. The molecule has 3 nitrogen and oxygen atoms in total.